The Labute approximate surface area is 114 Å². The van der Waals surface area contributed by atoms with Crippen LogP contribution >= 0.6 is 0 Å². The predicted molar refractivity (Wildman–Crippen MR) is 64.7 cm³/mol. The third-order valence-corrected chi connectivity index (χ3v) is 3.40. The molecular formula is C12H17NO7. The average Bonchev–Trinajstić information content (AvgIpc) is 2.85. The molecule has 1 aromatic rings. The van der Waals surface area contributed by atoms with Gasteiger partial charge in [0, 0.05) is 0 Å². The van der Waals surface area contributed by atoms with Gasteiger partial charge in [0.1, 0.15) is 36.3 Å². The molecule has 6 atom stereocenters. The standard InChI is InChI=1S/C12H17NO7/c1-4-2-3-5(20-4)12(19)13-6-7(14)9(16)11(18)10(17)8(6)15/h2-3,6-11,14-18H,1H3,(H,13,19)/t6?,7-,8+,9+,10-,11?. The van der Waals surface area contributed by atoms with Gasteiger partial charge in [0.05, 0.1) is 6.04 Å². The molecule has 0 aliphatic heterocycles. The van der Waals surface area contributed by atoms with Crippen LogP contribution in [-0.2, 0) is 0 Å². The second-order valence-electron chi connectivity index (χ2n) is 4.86. The first kappa shape index (κ1) is 14.9. The summed E-state index contributed by atoms with van der Waals surface area (Å²) in [6, 6.07) is 1.64. The zero-order valence-electron chi connectivity index (χ0n) is 10.7. The molecule has 0 aromatic carbocycles. The Kier molecular flexibility index (Phi) is 4.11. The van der Waals surface area contributed by atoms with Crippen LogP contribution in [0.1, 0.15) is 16.3 Å². The van der Waals surface area contributed by atoms with Crippen LogP contribution in [0.3, 0.4) is 0 Å². The topological polar surface area (TPSA) is 143 Å². The van der Waals surface area contributed by atoms with Crippen molar-refractivity contribution in [3.8, 4) is 0 Å². The van der Waals surface area contributed by atoms with E-state index in [-0.39, 0.29) is 5.76 Å². The lowest BCUT2D eigenvalue weighted by atomic mass is 9.83. The van der Waals surface area contributed by atoms with E-state index in [1.54, 1.807) is 13.0 Å². The third-order valence-electron chi connectivity index (χ3n) is 3.40. The van der Waals surface area contributed by atoms with Crippen LogP contribution < -0.4 is 5.32 Å². The first-order valence-corrected chi connectivity index (χ1v) is 6.10. The van der Waals surface area contributed by atoms with Gasteiger partial charge in [-0.25, -0.2) is 0 Å². The van der Waals surface area contributed by atoms with Crippen LogP contribution in [-0.4, -0.2) is 68.0 Å². The number of carbonyl (C=O) groups is 1. The molecule has 1 aliphatic carbocycles. The van der Waals surface area contributed by atoms with E-state index in [4.69, 9.17) is 4.42 Å². The van der Waals surface area contributed by atoms with Crippen molar-refractivity contribution in [1.82, 2.24) is 5.32 Å². The Morgan fingerprint density at radius 2 is 1.50 bits per heavy atom. The Morgan fingerprint density at radius 1 is 1.00 bits per heavy atom. The number of furan rings is 1. The summed E-state index contributed by atoms with van der Waals surface area (Å²) in [5.41, 5.74) is 0. The van der Waals surface area contributed by atoms with Gasteiger partial charge >= 0.3 is 0 Å². The molecule has 0 spiro atoms. The zero-order valence-corrected chi connectivity index (χ0v) is 10.7. The van der Waals surface area contributed by atoms with Gasteiger partial charge in [-0.2, -0.15) is 0 Å². The molecule has 2 unspecified atom stereocenters. The fraction of sp³-hybridized carbons (Fsp3) is 0.583. The molecule has 1 aromatic heterocycles. The number of aryl methyl sites for hydroxylation is 1. The highest BCUT2D eigenvalue weighted by molar-refractivity contribution is 5.91. The smallest absolute Gasteiger partial charge is 0.287 e. The maximum absolute atomic E-state index is 11.9. The lowest BCUT2D eigenvalue weighted by molar-refractivity contribution is -0.188. The maximum atomic E-state index is 11.9. The Hall–Kier alpha value is -1.45. The van der Waals surface area contributed by atoms with E-state index in [1.807, 2.05) is 0 Å². The number of rotatable bonds is 2. The molecule has 8 nitrogen and oxygen atoms in total. The fourth-order valence-electron chi connectivity index (χ4n) is 2.18. The van der Waals surface area contributed by atoms with Crippen LogP contribution in [0, 0.1) is 6.92 Å². The van der Waals surface area contributed by atoms with E-state index in [1.165, 1.54) is 6.07 Å². The lowest BCUT2D eigenvalue weighted by Gasteiger charge is -2.41. The molecule has 112 valence electrons. The van der Waals surface area contributed by atoms with Gasteiger partial charge in [-0.05, 0) is 19.1 Å². The van der Waals surface area contributed by atoms with Crippen molar-refractivity contribution in [2.45, 2.75) is 43.5 Å². The third kappa shape index (κ3) is 2.56. The zero-order chi connectivity index (χ0) is 15.0. The summed E-state index contributed by atoms with van der Waals surface area (Å²) < 4.78 is 5.08. The summed E-state index contributed by atoms with van der Waals surface area (Å²) in [5, 5.41) is 50.3. The van der Waals surface area contributed by atoms with Crippen molar-refractivity contribution in [2.75, 3.05) is 0 Å². The van der Waals surface area contributed by atoms with Gasteiger partial charge in [-0.3, -0.25) is 4.79 Å². The Balaban J connectivity index is 2.13. The molecular weight excluding hydrogens is 270 g/mol. The summed E-state index contributed by atoms with van der Waals surface area (Å²) in [5.74, 6) is -0.232. The molecule has 1 heterocycles. The largest absolute Gasteiger partial charge is 0.456 e. The molecule has 1 amide bonds. The molecule has 0 radical (unpaired) electrons. The maximum Gasteiger partial charge on any atom is 0.287 e. The van der Waals surface area contributed by atoms with Crippen LogP contribution in [0.5, 0.6) is 0 Å². The van der Waals surface area contributed by atoms with Gasteiger partial charge in [0.15, 0.2) is 5.76 Å². The highest BCUT2D eigenvalue weighted by atomic mass is 16.4. The van der Waals surface area contributed by atoms with Gasteiger partial charge in [-0.1, -0.05) is 0 Å². The minimum Gasteiger partial charge on any atom is -0.456 e. The Morgan fingerprint density at radius 3 is 1.95 bits per heavy atom. The van der Waals surface area contributed by atoms with Gasteiger partial charge < -0.3 is 35.3 Å². The van der Waals surface area contributed by atoms with E-state index in [0.717, 1.165) is 0 Å². The first-order valence-electron chi connectivity index (χ1n) is 6.10. The molecule has 0 bridgehead atoms. The van der Waals surface area contributed by atoms with Crippen LogP contribution in [0.4, 0.5) is 0 Å². The van der Waals surface area contributed by atoms with Gasteiger partial charge in [-0.15, -0.1) is 0 Å². The quantitative estimate of drug-likeness (QED) is 0.353. The fourth-order valence-corrected chi connectivity index (χ4v) is 2.18. The first-order chi connectivity index (χ1) is 9.32. The summed E-state index contributed by atoms with van der Waals surface area (Å²) in [6.07, 6.45) is -8.31. The van der Waals surface area contributed by atoms with E-state index in [2.05, 4.69) is 5.32 Å². The normalized spacial score (nSPS) is 37.7. The molecule has 8 heteroatoms. The second-order valence-corrected chi connectivity index (χ2v) is 4.86. The number of amides is 1. The molecule has 6 N–H and O–H groups in total. The average molecular weight is 287 g/mol. The molecule has 20 heavy (non-hydrogen) atoms. The van der Waals surface area contributed by atoms with E-state index >= 15 is 0 Å². The van der Waals surface area contributed by atoms with Gasteiger partial charge in [0.25, 0.3) is 5.91 Å². The molecule has 1 aliphatic rings. The van der Waals surface area contributed by atoms with E-state index in [9.17, 15) is 30.3 Å². The van der Waals surface area contributed by atoms with E-state index < -0.39 is 42.5 Å². The van der Waals surface area contributed by atoms with Crippen LogP contribution in [0.2, 0.25) is 0 Å². The van der Waals surface area contributed by atoms with Crippen molar-refractivity contribution in [3.05, 3.63) is 23.7 Å². The van der Waals surface area contributed by atoms with Gasteiger partial charge in [0.2, 0.25) is 0 Å². The van der Waals surface area contributed by atoms with Crippen molar-refractivity contribution >= 4 is 5.91 Å². The number of aliphatic hydroxyl groups is 5. The molecule has 0 saturated heterocycles. The van der Waals surface area contributed by atoms with Crippen LogP contribution in [0.25, 0.3) is 0 Å². The number of nitrogens with one attached hydrogen (secondary N) is 1. The van der Waals surface area contributed by atoms with E-state index in [0.29, 0.717) is 5.76 Å². The highest BCUT2D eigenvalue weighted by Crippen LogP contribution is 2.22. The van der Waals surface area contributed by atoms with Crippen molar-refractivity contribution < 1.29 is 34.7 Å². The van der Waals surface area contributed by atoms with Crippen LogP contribution in [0.15, 0.2) is 16.5 Å². The van der Waals surface area contributed by atoms with Crippen molar-refractivity contribution in [2.24, 2.45) is 0 Å². The summed E-state index contributed by atoms with van der Waals surface area (Å²) >= 11 is 0. The van der Waals surface area contributed by atoms with Crippen molar-refractivity contribution in [3.63, 3.8) is 0 Å². The predicted octanol–water partition coefficient (Wildman–Crippen LogP) is -2.50. The second kappa shape index (κ2) is 5.51. The molecule has 1 fully saturated rings. The summed E-state index contributed by atoms with van der Waals surface area (Å²) in [7, 11) is 0. The summed E-state index contributed by atoms with van der Waals surface area (Å²) in [6.45, 7) is 1.64. The number of hydrogen-bond acceptors (Lipinski definition) is 7. The minimum atomic E-state index is -1.70. The highest BCUT2D eigenvalue weighted by Gasteiger charge is 2.48. The minimum absolute atomic E-state index is 0.0306. The number of carbonyl (C=O) groups excluding carboxylic acids is 1. The molecule has 2 rings (SSSR count). The monoisotopic (exact) mass is 287 g/mol. The Bertz CT molecular complexity index is 472. The number of hydrogen-bond donors (Lipinski definition) is 6. The summed E-state index contributed by atoms with van der Waals surface area (Å²) in [4.78, 5) is 11.9. The number of aliphatic hydroxyl groups excluding tert-OH is 5. The molecule has 1 saturated carbocycles. The SMILES string of the molecule is Cc1ccc(C(=O)NC2[C@@H](O)[C@H](O)C(O)[C@H](O)[C@H]2O)o1. The van der Waals surface area contributed by atoms with Crippen molar-refractivity contribution in [1.29, 1.82) is 0 Å². The lowest BCUT2D eigenvalue weighted by Crippen LogP contribution is -2.68.